The molecule has 1 aliphatic rings. The predicted molar refractivity (Wildman–Crippen MR) is 78.8 cm³/mol. The van der Waals surface area contributed by atoms with Crippen LogP contribution >= 0.6 is 0 Å². The largest absolute Gasteiger partial charge is 0.353 e. The van der Waals surface area contributed by atoms with Crippen molar-refractivity contribution in [2.45, 2.75) is 39.3 Å². The normalized spacial score (nSPS) is 18.9. The Balaban J connectivity index is 2.67. The molecule has 0 bridgehead atoms. The van der Waals surface area contributed by atoms with Crippen molar-refractivity contribution in [2.75, 3.05) is 13.1 Å². The molecule has 1 rings (SSSR count). The SMILES string of the molecule is CC(C)(C)C(=O)NC(CC1C=NC=N1)C(=O)NCCN. The fourth-order valence-corrected chi connectivity index (χ4v) is 1.59. The molecule has 1 aliphatic heterocycles. The lowest BCUT2D eigenvalue weighted by atomic mass is 9.94. The number of hydrogen-bond donors (Lipinski definition) is 3. The quantitative estimate of drug-likeness (QED) is 0.608. The Morgan fingerprint density at radius 2 is 2.10 bits per heavy atom. The van der Waals surface area contributed by atoms with Crippen molar-refractivity contribution in [1.82, 2.24) is 10.6 Å². The molecule has 1 heterocycles. The average molecular weight is 281 g/mol. The molecule has 2 atom stereocenters. The van der Waals surface area contributed by atoms with E-state index in [9.17, 15) is 9.59 Å². The Morgan fingerprint density at radius 1 is 1.40 bits per heavy atom. The third-order valence-corrected chi connectivity index (χ3v) is 2.81. The third-order valence-electron chi connectivity index (χ3n) is 2.81. The highest BCUT2D eigenvalue weighted by atomic mass is 16.2. The first-order valence-corrected chi connectivity index (χ1v) is 6.68. The van der Waals surface area contributed by atoms with Gasteiger partial charge < -0.3 is 16.4 Å². The van der Waals surface area contributed by atoms with Gasteiger partial charge in [-0.15, -0.1) is 0 Å². The number of amides is 2. The van der Waals surface area contributed by atoms with E-state index in [0.29, 0.717) is 19.5 Å². The van der Waals surface area contributed by atoms with Crippen LogP contribution in [-0.4, -0.2) is 49.5 Å². The Labute approximate surface area is 119 Å². The zero-order valence-electron chi connectivity index (χ0n) is 12.2. The maximum absolute atomic E-state index is 12.1. The molecule has 7 nitrogen and oxygen atoms in total. The van der Waals surface area contributed by atoms with E-state index in [1.54, 1.807) is 27.0 Å². The van der Waals surface area contributed by atoms with E-state index in [2.05, 4.69) is 20.6 Å². The Hall–Kier alpha value is -1.76. The molecule has 0 radical (unpaired) electrons. The number of carbonyl (C=O) groups is 2. The van der Waals surface area contributed by atoms with Crippen molar-refractivity contribution in [1.29, 1.82) is 0 Å². The summed E-state index contributed by atoms with van der Waals surface area (Å²) < 4.78 is 0. The van der Waals surface area contributed by atoms with Gasteiger partial charge in [-0.25, -0.2) is 4.99 Å². The highest BCUT2D eigenvalue weighted by molar-refractivity contribution is 5.90. The van der Waals surface area contributed by atoms with Crippen molar-refractivity contribution in [3.05, 3.63) is 0 Å². The molecule has 112 valence electrons. The maximum Gasteiger partial charge on any atom is 0.242 e. The van der Waals surface area contributed by atoms with Crippen LogP contribution in [0.15, 0.2) is 9.98 Å². The molecule has 2 unspecified atom stereocenters. The average Bonchev–Trinajstić information content (AvgIpc) is 2.86. The number of aliphatic imine (C=N–C) groups is 2. The van der Waals surface area contributed by atoms with Crippen LogP contribution in [0.3, 0.4) is 0 Å². The highest BCUT2D eigenvalue weighted by Crippen LogP contribution is 2.14. The van der Waals surface area contributed by atoms with E-state index in [1.165, 1.54) is 6.34 Å². The van der Waals surface area contributed by atoms with Crippen LogP contribution in [0.5, 0.6) is 0 Å². The monoisotopic (exact) mass is 281 g/mol. The smallest absolute Gasteiger partial charge is 0.242 e. The van der Waals surface area contributed by atoms with Crippen LogP contribution in [0.1, 0.15) is 27.2 Å². The van der Waals surface area contributed by atoms with Gasteiger partial charge in [0.05, 0.1) is 6.04 Å². The number of nitrogens with two attached hydrogens (primary N) is 1. The van der Waals surface area contributed by atoms with E-state index in [4.69, 9.17) is 5.73 Å². The fraction of sp³-hybridized carbons (Fsp3) is 0.692. The van der Waals surface area contributed by atoms with Crippen LogP contribution < -0.4 is 16.4 Å². The Morgan fingerprint density at radius 3 is 2.60 bits per heavy atom. The first-order chi connectivity index (χ1) is 9.34. The number of hydrogen-bond acceptors (Lipinski definition) is 5. The molecule has 0 saturated heterocycles. The lowest BCUT2D eigenvalue weighted by molar-refractivity contribution is -0.133. The van der Waals surface area contributed by atoms with E-state index in [0.717, 1.165) is 0 Å². The standard InChI is InChI=1S/C13H23N5O2/c1-13(2,3)12(20)18-10(11(19)16-5-4-14)6-9-7-15-8-17-9/h7-10H,4-6,14H2,1-3H3,(H,16,19)(H,18,20). The minimum Gasteiger partial charge on any atom is -0.353 e. The molecule has 0 aromatic rings. The summed E-state index contributed by atoms with van der Waals surface area (Å²) in [7, 11) is 0. The summed E-state index contributed by atoms with van der Waals surface area (Å²) in [4.78, 5) is 32.1. The molecule has 0 fully saturated rings. The van der Waals surface area contributed by atoms with E-state index in [1.807, 2.05) is 0 Å². The van der Waals surface area contributed by atoms with E-state index < -0.39 is 11.5 Å². The molecular weight excluding hydrogens is 258 g/mol. The molecule has 4 N–H and O–H groups in total. The molecule has 0 aromatic carbocycles. The van der Waals surface area contributed by atoms with Crippen molar-refractivity contribution < 1.29 is 9.59 Å². The van der Waals surface area contributed by atoms with Crippen molar-refractivity contribution in [3.63, 3.8) is 0 Å². The highest BCUT2D eigenvalue weighted by Gasteiger charge is 2.29. The molecule has 20 heavy (non-hydrogen) atoms. The van der Waals surface area contributed by atoms with Gasteiger partial charge in [-0.3, -0.25) is 14.6 Å². The van der Waals surface area contributed by atoms with Gasteiger partial charge in [0.2, 0.25) is 11.8 Å². The second-order valence-corrected chi connectivity index (χ2v) is 5.72. The summed E-state index contributed by atoms with van der Waals surface area (Å²) in [5.74, 6) is -0.423. The predicted octanol–water partition coefficient (Wildman–Crippen LogP) is -0.536. The molecule has 2 amide bonds. The lowest BCUT2D eigenvalue weighted by Gasteiger charge is -2.24. The molecule has 7 heteroatoms. The van der Waals surface area contributed by atoms with Crippen molar-refractivity contribution >= 4 is 24.4 Å². The maximum atomic E-state index is 12.1. The summed E-state index contributed by atoms with van der Waals surface area (Å²) in [5.41, 5.74) is 4.81. The number of nitrogens with zero attached hydrogens (tertiary/aromatic N) is 2. The van der Waals surface area contributed by atoms with Crippen molar-refractivity contribution in [3.8, 4) is 0 Å². The number of carbonyl (C=O) groups excluding carboxylic acids is 2. The molecule has 0 aliphatic carbocycles. The summed E-state index contributed by atoms with van der Waals surface area (Å²) >= 11 is 0. The minimum atomic E-state index is -0.639. The van der Waals surface area contributed by atoms with Gasteiger partial charge in [-0.1, -0.05) is 20.8 Å². The van der Waals surface area contributed by atoms with E-state index in [-0.39, 0.29) is 17.9 Å². The van der Waals surface area contributed by atoms with Gasteiger partial charge in [0, 0.05) is 31.1 Å². The van der Waals surface area contributed by atoms with Gasteiger partial charge in [-0.05, 0) is 0 Å². The van der Waals surface area contributed by atoms with E-state index >= 15 is 0 Å². The zero-order valence-corrected chi connectivity index (χ0v) is 12.2. The summed E-state index contributed by atoms with van der Waals surface area (Å²) in [6.45, 7) is 6.13. The first kappa shape index (κ1) is 16.3. The van der Waals surface area contributed by atoms with Crippen molar-refractivity contribution in [2.24, 2.45) is 21.1 Å². The zero-order chi connectivity index (χ0) is 15.2. The molecule has 0 saturated carbocycles. The number of rotatable bonds is 6. The van der Waals surface area contributed by atoms with Crippen LogP contribution in [0.2, 0.25) is 0 Å². The van der Waals surface area contributed by atoms with Crippen LogP contribution in [0.4, 0.5) is 0 Å². The second-order valence-electron chi connectivity index (χ2n) is 5.72. The van der Waals surface area contributed by atoms with Gasteiger partial charge in [0.15, 0.2) is 0 Å². The summed E-state index contributed by atoms with van der Waals surface area (Å²) in [6, 6.07) is -0.816. The second kappa shape index (κ2) is 7.14. The first-order valence-electron chi connectivity index (χ1n) is 6.68. The van der Waals surface area contributed by atoms with Crippen LogP contribution in [0.25, 0.3) is 0 Å². The van der Waals surface area contributed by atoms with Crippen LogP contribution in [-0.2, 0) is 9.59 Å². The minimum absolute atomic E-state index is 0.177. The lowest BCUT2D eigenvalue weighted by Crippen LogP contribution is -2.51. The Bertz CT molecular complexity index is 399. The number of nitrogens with one attached hydrogen (secondary N) is 2. The fourth-order valence-electron chi connectivity index (χ4n) is 1.59. The van der Waals surface area contributed by atoms with Gasteiger partial charge in [0.25, 0.3) is 0 Å². The summed E-state index contributed by atoms with van der Waals surface area (Å²) in [5, 5.41) is 5.45. The molecule has 0 aromatic heterocycles. The van der Waals surface area contributed by atoms with Crippen LogP contribution in [0, 0.1) is 5.41 Å². The summed E-state index contributed by atoms with van der Waals surface area (Å²) in [6.07, 6.45) is 3.50. The molecular formula is C13H23N5O2. The Kier molecular flexibility index (Phi) is 5.82. The van der Waals surface area contributed by atoms with Gasteiger partial charge in [0.1, 0.15) is 12.4 Å². The topological polar surface area (TPSA) is 109 Å². The third kappa shape index (κ3) is 5.08. The molecule has 0 spiro atoms. The van der Waals surface area contributed by atoms with Gasteiger partial charge in [-0.2, -0.15) is 0 Å². The van der Waals surface area contributed by atoms with Gasteiger partial charge >= 0.3 is 0 Å².